The molecule has 0 unspecified atom stereocenters. The molecule has 1 aromatic heterocycles. The first kappa shape index (κ1) is 24.4. The van der Waals surface area contributed by atoms with Gasteiger partial charge in [-0.1, -0.05) is 17.3 Å². The van der Waals surface area contributed by atoms with Crippen molar-refractivity contribution >= 4 is 23.6 Å². The van der Waals surface area contributed by atoms with Gasteiger partial charge >= 0.3 is 6.18 Å². The van der Waals surface area contributed by atoms with Crippen LogP contribution in [0.2, 0.25) is 0 Å². The summed E-state index contributed by atoms with van der Waals surface area (Å²) in [6.07, 6.45) is -4.46. The monoisotopic (exact) mass is 477 g/mol. The summed E-state index contributed by atoms with van der Waals surface area (Å²) in [6, 6.07) is 11.1. The number of nitrogens with one attached hydrogen (secondary N) is 2. The summed E-state index contributed by atoms with van der Waals surface area (Å²) >= 11 is 1.49. The van der Waals surface area contributed by atoms with Crippen LogP contribution in [0.15, 0.2) is 57.9 Å². The van der Waals surface area contributed by atoms with Gasteiger partial charge in [-0.25, -0.2) is 0 Å². The fourth-order valence-electron chi connectivity index (χ4n) is 3.00. The Kier molecular flexibility index (Phi) is 7.80. The lowest BCUT2D eigenvalue weighted by Crippen LogP contribution is -2.34. The van der Waals surface area contributed by atoms with Crippen molar-refractivity contribution in [2.45, 2.75) is 30.7 Å². The van der Waals surface area contributed by atoms with E-state index < -0.39 is 17.6 Å². The predicted octanol–water partition coefficient (Wildman–Crippen LogP) is 4.76. The van der Waals surface area contributed by atoms with Gasteiger partial charge in [-0.2, -0.15) is 13.2 Å². The van der Waals surface area contributed by atoms with Crippen LogP contribution in [0.4, 0.5) is 13.2 Å². The summed E-state index contributed by atoms with van der Waals surface area (Å²) in [5, 5.41) is 9.26. The highest BCUT2D eigenvalue weighted by atomic mass is 32.2. The van der Waals surface area contributed by atoms with Crippen LogP contribution in [-0.4, -0.2) is 30.1 Å². The zero-order chi connectivity index (χ0) is 24.0. The summed E-state index contributed by atoms with van der Waals surface area (Å²) < 4.78 is 43.0. The molecule has 3 aromatic rings. The highest BCUT2D eigenvalue weighted by molar-refractivity contribution is 7.98. The van der Waals surface area contributed by atoms with Crippen LogP contribution in [0.5, 0.6) is 0 Å². The molecule has 33 heavy (non-hydrogen) atoms. The second kappa shape index (κ2) is 10.6. The van der Waals surface area contributed by atoms with Crippen LogP contribution in [0.25, 0.3) is 0 Å². The number of amides is 2. The van der Waals surface area contributed by atoms with Gasteiger partial charge in [0.1, 0.15) is 5.76 Å². The summed E-state index contributed by atoms with van der Waals surface area (Å²) in [5.74, 6) is 0.536. The molecule has 2 N–H and O–H groups in total. The fraction of sp³-hybridized carbons (Fsp3) is 0.261. The maximum Gasteiger partial charge on any atom is 0.416 e. The Morgan fingerprint density at radius 2 is 1.61 bits per heavy atom. The van der Waals surface area contributed by atoms with E-state index in [0.29, 0.717) is 11.3 Å². The van der Waals surface area contributed by atoms with E-state index >= 15 is 0 Å². The molecule has 0 aliphatic carbocycles. The second-order valence-corrected chi connectivity index (χ2v) is 8.19. The van der Waals surface area contributed by atoms with Crippen molar-refractivity contribution in [2.75, 3.05) is 13.1 Å². The number of aromatic nitrogens is 1. The van der Waals surface area contributed by atoms with E-state index in [2.05, 4.69) is 15.8 Å². The van der Waals surface area contributed by atoms with Crippen LogP contribution < -0.4 is 10.6 Å². The van der Waals surface area contributed by atoms with Crippen LogP contribution in [0.3, 0.4) is 0 Å². The van der Waals surface area contributed by atoms with Crippen molar-refractivity contribution in [3.63, 3.8) is 0 Å². The maximum absolute atomic E-state index is 12.6. The standard InChI is InChI=1S/C23H22F3N3O3S/c1-14-19(15(2)32-29-14)13-33-20-6-4-3-5-18(20)22(31)28-12-11-27-21(30)16-7-9-17(10-8-16)23(24,25)26/h3-10H,11-13H2,1-2H3,(H,27,30)(H,28,31). The van der Waals surface area contributed by atoms with Crippen molar-refractivity contribution in [3.05, 3.63) is 82.2 Å². The number of rotatable bonds is 8. The minimum Gasteiger partial charge on any atom is -0.361 e. The second-order valence-electron chi connectivity index (χ2n) is 7.17. The van der Waals surface area contributed by atoms with Crippen LogP contribution in [0, 0.1) is 13.8 Å². The topological polar surface area (TPSA) is 84.2 Å². The third-order valence-electron chi connectivity index (χ3n) is 4.86. The predicted molar refractivity (Wildman–Crippen MR) is 118 cm³/mol. The summed E-state index contributed by atoms with van der Waals surface area (Å²) in [7, 11) is 0. The molecule has 0 spiro atoms. The Balaban J connectivity index is 1.50. The van der Waals surface area contributed by atoms with Gasteiger partial charge in [0.05, 0.1) is 16.8 Å². The molecular formula is C23H22F3N3O3S. The number of hydrogen-bond acceptors (Lipinski definition) is 5. The van der Waals surface area contributed by atoms with Gasteiger partial charge in [-0.05, 0) is 50.2 Å². The van der Waals surface area contributed by atoms with E-state index in [9.17, 15) is 22.8 Å². The SMILES string of the molecule is Cc1noc(C)c1CSc1ccccc1C(=O)NCCNC(=O)c1ccc(C(F)(F)F)cc1. The molecule has 2 aromatic carbocycles. The van der Waals surface area contributed by atoms with E-state index in [1.54, 1.807) is 12.1 Å². The third kappa shape index (κ3) is 6.38. The molecule has 0 fully saturated rings. The lowest BCUT2D eigenvalue weighted by atomic mass is 10.1. The minimum absolute atomic E-state index is 0.107. The molecule has 0 saturated heterocycles. The van der Waals surface area contributed by atoms with E-state index in [1.807, 2.05) is 26.0 Å². The Labute approximate surface area is 192 Å². The number of alkyl halides is 3. The molecule has 0 radical (unpaired) electrons. The molecule has 0 saturated carbocycles. The Morgan fingerprint density at radius 3 is 2.21 bits per heavy atom. The van der Waals surface area contributed by atoms with Gasteiger partial charge in [0.25, 0.3) is 11.8 Å². The molecule has 3 rings (SSSR count). The smallest absolute Gasteiger partial charge is 0.361 e. The minimum atomic E-state index is -4.46. The molecule has 0 atom stereocenters. The highest BCUT2D eigenvalue weighted by Crippen LogP contribution is 2.30. The lowest BCUT2D eigenvalue weighted by molar-refractivity contribution is -0.137. The third-order valence-corrected chi connectivity index (χ3v) is 5.96. The zero-order valence-corrected chi connectivity index (χ0v) is 18.8. The molecule has 0 aliphatic rings. The van der Waals surface area contributed by atoms with E-state index in [0.717, 1.165) is 46.2 Å². The molecule has 10 heteroatoms. The molecule has 2 amide bonds. The Hall–Kier alpha value is -3.27. The molecule has 6 nitrogen and oxygen atoms in total. The van der Waals surface area contributed by atoms with Crippen molar-refractivity contribution in [1.82, 2.24) is 15.8 Å². The van der Waals surface area contributed by atoms with Gasteiger partial charge in [-0.15, -0.1) is 11.8 Å². The average molecular weight is 478 g/mol. The van der Waals surface area contributed by atoms with Gasteiger partial charge in [0.15, 0.2) is 0 Å². The number of nitrogens with zero attached hydrogens (tertiary/aromatic N) is 1. The first-order valence-electron chi connectivity index (χ1n) is 10.0. The summed E-state index contributed by atoms with van der Waals surface area (Å²) in [4.78, 5) is 25.5. The van der Waals surface area contributed by atoms with Crippen LogP contribution >= 0.6 is 11.8 Å². The number of carbonyl (C=O) groups is 2. The van der Waals surface area contributed by atoms with E-state index in [4.69, 9.17) is 4.52 Å². The normalized spacial score (nSPS) is 11.3. The summed E-state index contributed by atoms with van der Waals surface area (Å²) in [6.45, 7) is 3.99. The number of hydrogen-bond donors (Lipinski definition) is 2. The number of thioether (sulfide) groups is 1. The van der Waals surface area contributed by atoms with Crippen molar-refractivity contribution in [3.8, 4) is 0 Å². The fourth-order valence-corrected chi connectivity index (χ4v) is 4.20. The molecule has 0 aliphatic heterocycles. The zero-order valence-electron chi connectivity index (χ0n) is 18.0. The van der Waals surface area contributed by atoms with Gasteiger partial charge in [-0.3, -0.25) is 9.59 Å². The maximum atomic E-state index is 12.6. The average Bonchev–Trinajstić information content (AvgIpc) is 3.11. The molecular weight excluding hydrogens is 455 g/mol. The van der Waals surface area contributed by atoms with Crippen molar-refractivity contribution in [1.29, 1.82) is 0 Å². The number of aryl methyl sites for hydroxylation is 2. The highest BCUT2D eigenvalue weighted by Gasteiger charge is 2.30. The largest absolute Gasteiger partial charge is 0.416 e. The Bertz CT molecular complexity index is 1110. The first-order chi connectivity index (χ1) is 15.7. The molecule has 1 heterocycles. The number of carbonyl (C=O) groups excluding carboxylic acids is 2. The van der Waals surface area contributed by atoms with Gasteiger partial charge in [0.2, 0.25) is 0 Å². The van der Waals surface area contributed by atoms with Crippen molar-refractivity contribution in [2.24, 2.45) is 0 Å². The number of halogens is 3. The van der Waals surface area contributed by atoms with Gasteiger partial charge in [0, 0.05) is 34.9 Å². The summed E-state index contributed by atoms with van der Waals surface area (Å²) in [5.41, 5.74) is 1.59. The van der Waals surface area contributed by atoms with Gasteiger partial charge < -0.3 is 15.2 Å². The lowest BCUT2D eigenvalue weighted by Gasteiger charge is -2.11. The first-order valence-corrected chi connectivity index (χ1v) is 11.0. The molecule has 0 bridgehead atoms. The van der Waals surface area contributed by atoms with Crippen LogP contribution in [0.1, 0.15) is 43.3 Å². The van der Waals surface area contributed by atoms with E-state index in [1.165, 1.54) is 11.8 Å². The van der Waals surface area contributed by atoms with Crippen molar-refractivity contribution < 1.29 is 27.3 Å². The molecule has 174 valence electrons. The van der Waals surface area contributed by atoms with E-state index in [-0.39, 0.29) is 24.6 Å². The number of benzene rings is 2. The van der Waals surface area contributed by atoms with Crippen LogP contribution in [-0.2, 0) is 11.9 Å². The quantitative estimate of drug-likeness (QED) is 0.361. The Morgan fingerprint density at radius 1 is 0.970 bits per heavy atom.